The standard InChI is InChI=1S/C24H27ClFN3O4/c1-33-15-12-27-23(31)21(28-22(30)19-4-2-3-5-20(19)26)16-10-13-29(14-11-16)24(32)17-6-8-18(25)9-7-17/h2-9,16,21H,10-15H2,1H3,(H,27,31)(H,28,30). The number of carbonyl (C=O) groups is 3. The van der Waals surface area contributed by atoms with Crippen LogP contribution in [0.4, 0.5) is 4.39 Å². The van der Waals surface area contributed by atoms with E-state index in [2.05, 4.69) is 10.6 Å². The second-order valence-corrected chi connectivity index (χ2v) is 8.29. The van der Waals surface area contributed by atoms with Gasteiger partial charge in [-0.2, -0.15) is 0 Å². The number of halogens is 2. The quantitative estimate of drug-likeness (QED) is 0.575. The zero-order valence-electron chi connectivity index (χ0n) is 18.4. The zero-order valence-corrected chi connectivity index (χ0v) is 19.1. The Morgan fingerprint density at radius 3 is 2.42 bits per heavy atom. The van der Waals surface area contributed by atoms with Gasteiger partial charge in [0.15, 0.2) is 0 Å². The molecule has 1 aliphatic rings. The molecule has 1 aliphatic heterocycles. The predicted molar refractivity (Wildman–Crippen MR) is 123 cm³/mol. The van der Waals surface area contributed by atoms with E-state index < -0.39 is 17.8 Å². The molecule has 0 bridgehead atoms. The number of nitrogens with zero attached hydrogens (tertiary/aromatic N) is 1. The number of piperidine rings is 1. The number of nitrogens with one attached hydrogen (secondary N) is 2. The number of carbonyl (C=O) groups excluding carboxylic acids is 3. The van der Waals surface area contributed by atoms with Crippen molar-refractivity contribution in [3.8, 4) is 0 Å². The van der Waals surface area contributed by atoms with Crippen LogP contribution in [0.5, 0.6) is 0 Å². The first-order chi connectivity index (χ1) is 15.9. The minimum atomic E-state index is -0.859. The number of benzene rings is 2. The van der Waals surface area contributed by atoms with Crippen molar-refractivity contribution in [2.45, 2.75) is 18.9 Å². The van der Waals surface area contributed by atoms with Gasteiger partial charge in [0, 0.05) is 37.3 Å². The fourth-order valence-electron chi connectivity index (χ4n) is 3.86. The lowest BCUT2D eigenvalue weighted by Gasteiger charge is -2.36. The van der Waals surface area contributed by atoms with Crippen molar-refractivity contribution in [1.82, 2.24) is 15.5 Å². The summed E-state index contributed by atoms with van der Waals surface area (Å²) < 4.78 is 19.0. The second-order valence-electron chi connectivity index (χ2n) is 7.85. The highest BCUT2D eigenvalue weighted by Crippen LogP contribution is 2.23. The molecule has 2 aromatic rings. The molecule has 2 N–H and O–H groups in total. The lowest BCUT2D eigenvalue weighted by atomic mass is 9.88. The van der Waals surface area contributed by atoms with Gasteiger partial charge in [0.2, 0.25) is 5.91 Å². The van der Waals surface area contributed by atoms with Crippen LogP contribution in [0.1, 0.15) is 33.6 Å². The van der Waals surface area contributed by atoms with E-state index in [9.17, 15) is 18.8 Å². The van der Waals surface area contributed by atoms with Gasteiger partial charge in [-0.25, -0.2) is 4.39 Å². The molecule has 3 rings (SSSR count). The van der Waals surface area contributed by atoms with Gasteiger partial charge in [0.05, 0.1) is 12.2 Å². The molecule has 0 spiro atoms. The van der Waals surface area contributed by atoms with Gasteiger partial charge in [-0.15, -0.1) is 0 Å². The number of ether oxygens (including phenoxy) is 1. The van der Waals surface area contributed by atoms with Crippen LogP contribution in [0.3, 0.4) is 0 Å². The number of likely N-dealkylation sites (tertiary alicyclic amines) is 1. The fourth-order valence-corrected chi connectivity index (χ4v) is 3.98. The average Bonchev–Trinajstić information content (AvgIpc) is 2.83. The maximum atomic E-state index is 14.1. The van der Waals surface area contributed by atoms with Crippen molar-refractivity contribution < 1.29 is 23.5 Å². The van der Waals surface area contributed by atoms with E-state index in [0.717, 1.165) is 0 Å². The topological polar surface area (TPSA) is 87.7 Å². The van der Waals surface area contributed by atoms with E-state index in [1.165, 1.54) is 25.3 Å². The Hall–Kier alpha value is -2.97. The normalized spacial score (nSPS) is 15.1. The first-order valence-corrected chi connectivity index (χ1v) is 11.2. The van der Waals surface area contributed by atoms with Crippen LogP contribution in [0.25, 0.3) is 0 Å². The van der Waals surface area contributed by atoms with Crippen molar-refractivity contribution in [3.63, 3.8) is 0 Å². The summed E-state index contributed by atoms with van der Waals surface area (Å²) in [5, 5.41) is 6.01. The highest BCUT2D eigenvalue weighted by Gasteiger charge is 2.34. The molecule has 0 radical (unpaired) electrons. The third kappa shape index (κ3) is 6.52. The lowest BCUT2D eigenvalue weighted by Crippen LogP contribution is -2.54. The lowest BCUT2D eigenvalue weighted by molar-refractivity contribution is -0.124. The number of methoxy groups -OCH3 is 1. The molecular weight excluding hydrogens is 449 g/mol. The molecule has 1 unspecified atom stereocenters. The molecule has 0 saturated carbocycles. The summed E-state index contributed by atoms with van der Waals surface area (Å²) in [5.74, 6) is -1.99. The Kier molecular flexibility index (Phi) is 8.79. The predicted octanol–water partition coefficient (Wildman–Crippen LogP) is 2.89. The van der Waals surface area contributed by atoms with Crippen molar-refractivity contribution in [2.75, 3.05) is 33.4 Å². The molecule has 7 nitrogen and oxygen atoms in total. The Labute approximate surface area is 197 Å². The highest BCUT2D eigenvalue weighted by molar-refractivity contribution is 6.30. The Morgan fingerprint density at radius 2 is 1.79 bits per heavy atom. The summed E-state index contributed by atoms with van der Waals surface area (Å²) in [6.45, 7) is 1.48. The van der Waals surface area contributed by atoms with Crippen molar-refractivity contribution in [1.29, 1.82) is 0 Å². The van der Waals surface area contributed by atoms with Crippen LogP contribution >= 0.6 is 11.6 Å². The summed E-state index contributed by atoms with van der Waals surface area (Å²) in [6.07, 6.45) is 1.03. The third-order valence-electron chi connectivity index (χ3n) is 5.68. The van der Waals surface area contributed by atoms with Crippen LogP contribution in [0.15, 0.2) is 48.5 Å². The van der Waals surface area contributed by atoms with Gasteiger partial charge >= 0.3 is 0 Å². The van der Waals surface area contributed by atoms with E-state index in [-0.39, 0.29) is 29.8 Å². The number of amides is 3. The molecule has 2 aromatic carbocycles. The molecule has 1 fully saturated rings. The summed E-state index contributed by atoms with van der Waals surface area (Å²) in [7, 11) is 1.52. The molecule has 1 heterocycles. The minimum Gasteiger partial charge on any atom is -0.383 e. The molecule has 1 atom stereocenters. The Morgan fingerprint density at radius 1 is 1.12 bits per heavy atom. The van der Waals surface area contributed by atoms with Crippen LogP contribution in [0, 0.1) is 11.7 Å². The summed E-state index contributed by atoms with van der Waals surface area (Å²) in [4.78, 5) is 40.1. The molecule has 0 aromatic heterocycles. The summed E-state index contributed by atoms with van der Waals surface area (Å²) in [6, 6.07) is 11.5. The highest BCUT2D eigenvalue weighted by atomic mass is 35.5. The molecular formula is C24H27ClFN3O4. The summed E-state index contributed by atoms with van der Waals surface area (Å²) in [5.41, 5.74) is 0.419. The van der Waals surface area contributed by atoms with E-state index >= 15 is 0 Å². The van der Waals surface area contributed by atoms with Crippen LogP contribution in [-0.2, 0) is 9.53 Å². The van der Waals surface area contributed by atoms with Crippen LogP contribution < -0.4 is 10.6 Å². The fraction of sp³-hybridized carbons (Fsp3) is 0.375. The van der Waals surface area contributed by atoms with E-state index in [4.69, 9.17) is 16.3 Å². The van der Waals surface area contributed by atoms with Crippen LogP contribution in [-0.4, -0.2) is 62.0 Å². The van der Waals surface area contributed by atoms with E-state index in [1.54, 1.807) is 35.2 Å². The average molecular weight is 476 g/mol. The first-order valence-electron chi connectivity index (χ1n) is 10.8. The van der Waals surface area contributed by atoms with Crippen molar-refractivity contribution in [3.05, 3.63) is 70.5 Å². The van der Waals surface area contributed by atoms with E-state index in [0.29, 0.717) is 43.1 Å². The van der Waals surface area contributed by atoms with E-state index in [1.807, 2.05) is 0 Å². The van der Waals surface area contributed by atoms with Gasteiger partial charge in [-0.1, -0.05) is 23.7 Å². The minimum absolute atomic E-state index is 0.110. The summed E-state index contributed by atoms with van der Waals surface area (Å²) >= 11 is 5.90. The third-order valence-corrected chi connectivity index (χ3v) is 5.93. The largest absolute Gasteiger partial charge is 0.383 e. The van der Waals surface area contributed by atoms with Gasteiger partial charge in [0.25, 0.3) is 11.8 Å². The molecule has 0 aliphatic carbocycles. The molecule has 33 heavy (non-hydrogen) atoms. The molecule has 3 amide bonds. The SMILES string of the molecule is COCCNC(=O)C(NC(=O)c1ccccc1F)C1CCN(C(=O)c2ccc(Cl)cc2)CC1. The monoisotopic (exact) mass is 475 g/mol. The van der Waals surface area contributed by atoms with Crippen molar-refractivity contribution >= 4 is 29.3 Å². The zero-order chi connectivity index (χ0) is 23.8. The number of hydrogen-bond donors (Lipinski definition) is 2. The number of hydrogen-bond acceptors (Lipinski definition) is 4. The van der Waals surface area contributed by atoms with Crippen molar-refractivity contribution in [2.24, 2.45) is 5.92 Å². The Balaban J connectivity index is 1.68. The molecule has 176 valence electrons. The van der Waals surface area contributed by atoms with Gasteiger partial charge < -0.3 is 20.3 Å². The first kappa shape index (κ1) is 24.7. The van der Waals surface area contributed by atoms with Gasteiger partial charge in [-0.05, 0) is 55.2 Å². The van der Waals surface area contributed by atoms with Crippen LogP contribution in [0.2, 0.25) is 5.02 Å². The maximum Gasteiger partial charge on any atom is 0.254 e. The van der Waals surface area contributed by atoms with Gasteiger partial charge in [-0.3, -0.25) is 14.4 Å². The van der Waals surface area contributed by atoms with Gasteiger partial charge in [0.1, 0.15) is 11.9 Å². The maximum absolute atomic E-state index is 14.1. The Bertz CT molecular complexity index is 978. The molecule has 9 heteroatoms. The second kappa shape index (κ2) is 11.8. The molecule has 1 saturated heterocycles. The smallest absolute Gasteiger partial charge is 0.254 e. The number of rotatable bonds is 8.